The van der Waals surface area contributed by atoms with Crippen LogP contribution in [0.25, 0.3) is 22.2 Å². The van der Waals surface area contributed by atoms with Gasteiger partial charge < -0.3 is 9.47 Å². The molecule has 0 saturated carbocycles. The second-order valence-electron chi connectivity index (χ2n) is 8.44. The van der Waals surface area contributed by atoms with Gasteiger partial charge in [0.25, 0.3) is 5.56 Å². The van der Waals surface area contributed by atoms with Crippen molar-refractivity contribution in [3.8, 4) is 11.3 Å². The van der Waals surface area contributed by atoms with E-state index in [2.05, 4.69) is 21.8 Å². The van der Waals surface area contributed by atoms with Crippen LogP contribution in [0.2, 0.25) is 0 Å². The van der Waals surface area contributed by atoms with E-state index in [9.17, 15) is 9.59 Å². The van der Waals surface area contributed by atoms with Crippen molar-refractivity contribution in [1.82, 2.24) is 19.2 Å². The van der Waals surface area contributed by atoms with E-state index in [-0.39, 0.29) is 17.5 Å². The number of para-hydroxylation sites is 1. The predicted octanol–water partition coefficient (Wildman–Crippen LogP) is 3.81. The summed E-state index contributed by atoms with van der Waals surface area (Å²) in [6.45, 7) is 1.27. The van der Waals surface area contributed by atoms with Crippen LogP contribution in [0.15, 0.2) is 77.7 Å². The first-order valence-corrected chi connectivity index (χ1v) is 11.1. The SMILES string of the molecule is Cn1cc(CC(=O)N2CCC(n3nc(-c4ccccc4)ccc3=O)CC2)c2ccccc21. The van der Waals surface area contributed by atoms with E-state index in [1.54, 1.807) is 16.8 Å². The highest BCUT2D eigenvalue weighted by atomic mass is 16.2. The summed E-state index contributed by atoms with van der Waals surface area (Å²) in [6, 6.07) is 21.4. The van der Waals surface area contributed by atoms with Crippen LogP contribution < -0.4 is 5.56 Å². The van der Waals surface area contributed by atoms with E-state index in [0.717, 1.165) is 40.6 Å². The van der Waals surface area contributed by atoms with Gasteiger partial charge in [-0.3, -0.25) is 9.59 Å². The monoisotopic (exact) mass is 426 g/mol. The van der Waals surface area contributed by atoms with Gasteiger partial charge in [0.2, 0.25) is 5.91 Å². The topological polar surface area (TPSA) is 60.1 Å². The fraction of sp³-hybridized carbons (Fsp3) is 0.269. The molecule has 1 aliphatic heterocycles. The highest BCUT2D eigenvalue weighted by molar-refractivity contribution is 5.89. The molecule has 0 N–H and O–H groups in total. The molecule has 0 bridgehead atoms. The van der Waals surface area contributed by atoms with E-state index in [1.807, 2.05) is 60.6 Å². The van der Waals surface area contributed by atoms with Gasteiger partial charge in [-0.25, -0.2) is 4.68 Å². The van der Waals surface area contributed by atoms with Crippen LogP contribution >= 0.6 is 0 Å². The fourth-order valence-corrected chi connectivity index (χ4v) is 4.65. The number of fused-ring (bicyclic) bond motifs is 1. The van der Waals surface area contributed by atoms with Gasteiger partial charge in [-0.2, -0.15) is 5.10 Å². The van der Waals surface area contributed by atoms with Crippen molar-refractivity contribution in [2.24, 2.45) is 7.05 Å². The van der Waals surface area contributed by atoms with Gasteiger partial charge in [0.05, 0.1) is 18.2 Å². The average molecular weight is 427 g/mol. The Balaban J connectivity index is 1.28. The molecule has 1 fully saturated rings. The molecular weight excluding hydrogens is 400 g/mol. The Morgan fingerprint density at radius 2 is 1.69 bits per heavy atom. The van der Waals surface area contributed by atoms with Gasteiger partial charge in [-0.15, -0.1) is 0 Å². The van der Waals surface area contributed by atoms with E-state index < -0.39 is 0 Å². The lowest BCUT2D eigenvalue weighted by molar-refractivity contribution is -0.131. The van der Waals surface area contributed by atoms with Crippen LogP contribution in [0.4, 0.5) is 0 Å². The molecule has 4 aromatic rings. The maximum Gasteiger partial charge on any atom is 0.267 e. The Kier molecular flexibility index (Phi) is 5.35. The number of amides is 1. The Hall–Kier alpha value is -3.67. The number of carbonyl (C=O) groups excluding carboxylic acids is 1. The van der Waals surface area contributed by atoms with Crippen molar-refractivity contribution < 1.29 is 4.79 Å². The molecule has 1 aliphatic rings. The molecule has 2 aromatic carbocycles. The zero-order chi connectivity index (χ0) is 22.1. The number of likely N-dealkylation sites (tertiary alicyclic amines) is 1. The van der Waals surface area contributed by atoms with E-state index >= 15 is 0 Å². The normalized spacial score (nSPS) is 14.7. The summed E-state index contributed by atoms with van der Waals surface area (Å²) in [5.41, 5.74) is 3.88. The third-order valence-corrected chi connectivity index (χ3v) is 6.38. The summed E-state index contributed by atoms with van der Waals surface area (Å²) in [5, 5.41) is 5.77. The number of piperidine rings is 1. The van der Waals surface area contributed by atoms with Crippen LogP contribution in [0.1, 0.15) is 24.4 Å². The first kappa shape index (κ1) is 20.2. The molecule has 6 heteroatoms. The molecule has 2 aromatic heterocycles. The number of aromatic nitrogens is 3. The number of rotatable bonds is 4. The number of nitrogens with zero attached hydrogens (tertiary/aromatic N) is 4. The molecule has 0 spiro atoms. The Morgan fingerprint density at radius 1 is 0.969 bits per heavy atom. The Bertz CT molecular complexity index is 1310. The summed E-state index contributed by atoms with van der Waals surface area (Å²) < 4.78 is 3.68. The number of carbonyl (C=O) groups is 1. The lowest BCUT2D eigenvalue weighted by atomic mass is 10.0. The summed E-state index contributed by atoms with van der Waals surface area (Å²) in [4.78, 5) is 27.4. The molecule has 1 saturated heterocycles. The van der Waals surface area contributed by atoms with Crippen LogP contribution in [0, 0.1) is 0 Å². The molecule has 0 radical (unpaired) electrons. The zero-order valence-corrected chi connectivity index (χ0v) is 18.1. The van der Waals surface area contributed by atoms with Gasteiger partial charge >= 0.3 is 0 Å². The van der Waals surface area contributed by atoms with Crippen LogP contribution in [-0.4, -0.2) is 38.2 Å². The van der Waals surface area contributed by atoms with Gasteiger partial charge in [-0.05, 0) is 30.5 Å². The zero-order valence-electron chi connectivity index (χ0n) is 18.1. The minimum absolute atomic E-state index is 0.00719. The molecule has 0 unspecified atom stereocenters. The molecule has 0 atom stereocenters. The molecule has 5 rings (SSSR count). The van der Waals surface area contributed by atoms with Gasteiger partial charge in [0.1, 0.15) is 0 Å². The molecule has 6 nitrogen and oxygen atoms in total. The fourth-order valence-electron chi connectivity index (χ4n) is 4.65. The maximum atomic E-state index is 13.0. The highest BCUT2D eigenvalue weighted by Crippen LogP contribution is 2.25. The lowest BCUT2D eigenvalue weighted by Crippen LogP contribution is -2.42. The van der Waals surface area contributed by atoms with Crippen molar-refractivity contribution in [2.45, 2.75) is 25.3 Å². The van der Waals surface area contributed by atoms with Crippen molar-refractivity contribution in [3.05, 3.63) is 88.8 Å². The van der Waals surface area contributed by atoms with Crippen molar-refractivity contribution in [2.75, 3.05) is 13.1 Å². The summed E-state index contributed by atoms with van der Waals surface area (Å²) >= 11 is 0. The van der Waals surface area contributed by atoms with Crippen molar-refractivity contribution >= 4 is 16.8 Å². The number of hydrogen-bond acceptors (Lipinski definition) is 3. The number of benzene rings is 2. The Labute approximate surface area is 186 Å². The van der Waals surface area contributed by atoms with E-state index in [0.29, 0.717) is 19.5 Å². The first-order valence-electron chi connectivity index (χ1n) is 11.1. The van der Waals surface area contributed by atoms with Gasteiger partial charge in [-0.1, -0.05) is 48.5 Å². The Morgan fingerprint density at radius 3 is 2.47 bits per heavy atom. The smallest absolute Gasteiger partial charge is 0.267 e. The third-order valence-electron chi connectivity index (χ3n) is 6.38. The van der Waals surface area contributed by atoms with Crippen molar-refractivity contribution in [3.63, 3.8) is 0 Å². The van der Waals surface area contributed by atoms with Crippen LogP contribution in [-0.2, 0) is 18.3 Å². The first-order chi connectivity index (χ1) is 15.6. The predicted molar refractivity (Wildman–Crippen MR) is 125 cm³/mol. The molecule has 162 valence electrons. The lowest BCUT2D eigenvalue weighted by Gasteiger charge is -2.32. The average Bonchev–Trinajstić information content (AvgIpc) is 3.15. The quantitative estimate of drug-likeness (QED) is 0.499. The third kappa shape index (κ3) is 3.84. The van der Waals surface area contributed by atoms with E-state index in [4.69, 9.17) is 0 Å². The van der Waals surface area contributed by atoms with Crippen molar-refractivity contribution in [1.29, 1.82) is 0 Å². The maximum absolute atomic E-state index is 13.0. The second-order valence-corrected chi connectivity index (χ2v) is 8.44. The number of hydrogen-bond donors (Lipinski definition) is 0. The number of aryl methyl sites for hydroxylation is 1. The molecule has 0 aliphatic carbocycles. The molecule has 1 amide bonds. The van der Waals surface area contributed by atoms with Gasteiger partial charge in [0, 0.05) is 48.9 Å². The molecule has 3 heterocycles. The second kappa shape index (κ2) is 8.46. The summed E-state index contributed by atoms with van der Waals surface area (Å²) in [7, 11) is 2.01. The minimum Gasteiger partial charge on any atom is -0.350 e. The summed E-state index contributed by atoms with van der Waals surface area (Å²) in [6.07, 6.45) is 3.90. The summed E-state index contributed by atoms with van der Waals surface area (Å²) in [5.74, 6) is 0.137. The highest BCUT2D eigenvalue weighted by Gasteiger charge is 2.26. The molecular formula is C26H26N4O2. The molecule has 32 heavy (non-hydrogen) atoms. The van der Waals surface area contributed by atoms with Crippen LogP contribution in [0.5, 0.6) is 0 Å². The standard InChI is InChI=1S/C26H26N4O2/c1-28-18-20(22-9-5-6-10-24(22)28)17-26(32)29-15-13-21(14-16-29)30-25(31)12-11-23(27-30)19-7-3-2-4-8-19/h2-12,18,21H,13-17H2,1H3. The van der Waals surface area contributed by atoms with Crippen LogP contribution in [0.3, 0.4) is 0 Å². The van der Waals surface area contributed by atoms with E-state index in [1.165, 1.54) is 0 Å². The van der Waals surface area contributed by atoms with Gasteiger partial charge in [0.15, 0.2) is 0 Å². The minimum atomic E-state index is -0.0924. The largest absolute Gasteiger partial charge is 0.350 e.